The number of hydrogen-bond donors (Lipinski definition) is 2. The highest BCUT2D eigenvalue weighted by molar-refractivity contribution is 5.80. The summed E-state index contributed by atoms with van der Waals surface area (Å²) in [6.07, 6.45) is 1.04. The van der Waals surface area contributed by atoms with Gasteiger partial charge in [-0.3, -0.25) is 0 Å². The molecule has 0 amide bonds. The molecule has 4 nitrogen and oxygen atoms in total. The lowest BCUT2D eigenvalue weighted by Crippen LogP contribution is -2.31. The molecule has 0 aliphatic rings. The molecule has 4 heteroatoms. The Hall–Kier alpha value is -0.870. The van der Waals surface area contributed by atoms with Crippen LogP contribution in [0.3, 0.4) is 0 Å². The summed E-state index contributed by atoms with van der Waals surface area (Å²) in [7, 11) is 0. The minimum absolute atomic E-state index is 0.0789. The Balaban J connectivity index is 3.34. The van der Waals surface area contributed by atoms with E-state index in [1.165, 1.54) is 0 Å². The molecule has 0 aliphatic carbocycles. The maximum atomic E-state index is 10.3. The molecular weight excluding hydrogens is 134 g/mol. The number of carbonyl (C=O) groups is 1. The molecule has 0 unspecified atom stereocenters. The Bertz CT molecular complexity index is 124. The maximum Gasteiger partial charge on any atom is 0.348 e. The van der Waals surface area contributed by atoms with Gasteiger partial charge in [-0.1, -0.05) is 6.58 Å². The largest absolute Gasteiger partial charge is 0.395 e. The molecule has 0 aromatic rings. The van der Waals surface area contributed by atoms with E-state index in [-0.39, 0.29) is 12.6 Å². The van der Waals surface area contributed by atoms with Crippen LogP contribution in [0.5, 0.6) is 0 Å². The lowest BCUT2D eigenvalue weighted by atomic mass is 10.4. The Morgan fingerprint density at radius 2 is 2.60 bits per heavy atom. The van der Waals surface area contributed by atoms with Crippen LogP contribution in [-0.2, 0) is 9.63 Å². The molecule has 0 radical (unpaired) electrons. The molecule has 0 saturated heterocycles. The van der Waals surface area contributed by atoms with Crippen LogP contribution in [0.2, 0.25) is 0 Å². The van der Waals surface area contributed by atoms with Crippen molar-refractivity contribution in [2.24, 2.45) is 0 Å². The quantitative estimate of drug-likeness (QED) is 0.417. The lowest BCUT2D eigenvalue weighted by molar-refractivity contribution is -0.147. The monoisotopic (exact) mass is 145 g/mol. The third-order valence-corrected chi connectivity index (χ3v) is 0.801. The summed E-state index contributed by atoms with van der Waals surface area (Å²) in [5.74, 6) is -0.555. The summed E-state index contributed by atoms with van der Waals surface area (Å²) < 4.78 is 0. The summed E-state index contributed by atoms with van der Waals surface area (Å²) >= 11 is 0. The number of aliphatic hydroxyl groups excluding tert-OH is 1. The highest BCUT2D eigenvalue weighted by Gasteiger charge is 2.00. The number of hydroxylamine groups is 1. The fourth-order valence-electron chi connectivity index (χ4n) is 0.238. The number of rotatable bonds is 4. The summed E-state index contributed by atoms with van der Waals surface area (Å²) in [4.78, 5) is 14.7. The molecule has 0 fully saturated rings. The average Bonchev–Trinajstić information content (AvgIpc) is 1.99. The molecular formula is C6H11NO3. The van der Waals surface area contributed by atoms with Gasteiger partial charge in [-0.05, 0) is 6.92 Å². The predicted molar refractivity (Wildman–Crippen MR) is 36.0 cm³/mol. The predicted octanol–water partition coefficient (Wildman–Crippen LogP) is -0.399. The molecule has 0 aliphatic heterocycles. The second kappa shape index (κ2) is 4.96. The van der Waals surface area contributed by atoms with Crippen LogP contribution < -0.4 is 5.48 Å². The van der Waals surface area contributed by atoms with Crippen molar-refractivity contribution in [3.05, 3.63) is 12.7 Å². The Morgan fingerprint density at radius 1 is 2.00 bits per heavy atom. The topological polar surface area (TPSA) is 58.6 Å². The van der Waals surface area contributed by atoms with Crippen molar-refractivity contribution in [3.63, 3.8) is 0 Å². The van der Waals surface area contributed by atoms with E-state index < -0.39 is 5.97 Å². The van der Waals surface area contributed by atoms with Gasteiger partial charge in [-0.15, -0.1) is 5.48 Å². The molecule has 0 aromatic heterocycles. The van der Waals surface area contributed by atoms with Crippen LogP contribution in [0.4, 0.5) is 0 Å². The first-order valence-electron chi connectivity index (χ1n) is 2.90. The zero-order chi connectivity index (χ0) is 7.98. The van der Waals surface area contributed by atoms with Crippen LogP contribution in [0.25, 0.3) is 0 Å². The molecule has 10 heavy (non-hydrogen) atoms. The van der Waals surface area contributed by atoms with Gasteiger partial charge >= 0.3 is 5.97 Å². The van der Waals surface area contributed by atoms with Gasteiger partial charge in [0.2, 0.25) is 0 Å². The van der Waals surface area contributed by atoms with Gasteiger partial charge in [0, 0.05) is 6.08 Å². The van der Waals surface area contributed by atoms with Crippen LogP contribution in [0, 0.1) is 0 Å². The van der Waals surface area contributed by atoms with Crippen molar-refractivity contribution >= 4 is 5.97 Å². The minimum atomic E-state index is -0.555. The second-order valence-corrected chi connectivity index (χ2v) is 1.83. The normalized spacial score (nSPS) is 12.2. The summed E-state index contributed by atoms with van der Waals surface area (Å²) in [5.41, 5.74) is 2.31. The van der Waals surface area contributed by atoms with E-state index in [0.29, 0.717) is 0 Å². The molecule has 0 rings (SSSR count). The second-order valence-electron chi connectivity index (χ2n) is 1.83. The first-order valence-corrected chi connectivity index (χ1v) is 2.90. The van der Waals surface area contributed by atoms with Crippen molar-refractivity contribution in [2.75, 3.05) is 6.61 Å². The molecule has 2 N–H and O–H groups in total. The minimum Gasteiger partial charge on any atom is -0.395 e. The molecule has 0 bridgehead atoms. The highest BCUT2D eigenvalue weighted by Crippen LogP contribution is 1.79. The zero-order valence-electron chi connectivity index (χ0n) is 5.83. The summed E-state index contributed by atoms with van der Waals surface area (Å²) in [6.45, 7) is 4.79. The Labute approximate surface area is 59.4 Å². The average molecular weight is 145 g/mol. The molecule has 0 spiro atoms. The first-order chi connectivity index (χ1) is 4.70. The van der Waals surface area contributed by atoms with Crippen molar-refractivity contribution in [3.8, 4) is 0 Å². The zero-order valence-corrected chi connectivity index (χ0v) is 5.83. The molecule has 0 saturated carbocycles. The Morgan fingerprint density at radius 3 is 3.00 bits per heavy atom. The standard InChI is InChI=1S/C6H11NO3/c1-3-6(9)10-7-5(2)4-8/h3,5,7-8H,1,4H2,2H3/t5-/m0/s1. The molecule has 0 heterocycles. The highest BCUT2D eigenvalue weighted by atomic mass is 16.7. The van der Waals surface area contributed by atoms with Gasteiger partial charge in [-0.25, -0.2) is 4.79 Å². The van der Waals surface area contributed by atoms with E-state index in [9.17, 15) is 4.79 Å². The van der Waals surface area contributed by atoms with Crippen molar-refractivity contribution < 1.29 is 14.7 Å². The number of aliphatic hydroxyl groups is 1. The Kier molecular flexibility index (Phi) is 4.53. The van der Waals surface area contributed by atoms with Crippen molar-refractivity contribution in [1.82, 2.24) is 5.48 Å². The van der Waals surface area contributed by atoms with Crippen molar-refractivity contribution in [1.29, 1.82) is 0 Å². The molecule has 1 atom stereocenters. The third kappa shape index (κ3) is 4.05. The molecule has 0 aromatic carbocycles. The van der Waals surface area contributed by atoms with E-state index in [4.69, 9.17) is 5.11 Å². The fourth-order valence-corrected chi connectivity index (χ4v) is 0.238. The SMILES string of the molecule is C=CC(=O)ON[C@@H](C)CO. The van der Waals surface area contributed by atoms with E-state index in [1.54, 1.807) is 6.92 Å². The number of carbonyl (C=O) groups excluding carboxylic acids is 1. The molecule has 58 valence electrons. The fraction of sp³-hybridized carbons (Fsp3) is 0.500. The summed E-state index contributed by atoms with van der Waals surface area (Å²) in [5, 5.41) is 8.44. The smallest absolute Gasteiger partial charge is 0.348 e. The van der Waals surface area contributed by atoms with Crippen LogP contribution >= 0.6 is 0 Å². The van der Waals surface area contributed by atoms with Gasteiger partial charge < -0.3 is 9.94 Å². The van der Waals surface area contributed by atoms with E-state index >= 15 is 0 Å². The van der Waals surface area contributed by atoms with Gasteiger partial charge in [-0.2, -0.15) is 0 Å². The van der Waals surface area contributed by atoms with E-state index in [1.807, 2.05) is 0 Å². The van der Waals surface area contributed by atoms with Crippen LogP contribution in [0.1, 0.15) is 6.92 Å². The maximum absolute atomic E-state index is 10.3. The number of nitrogens with one attached hydrogen (secondary N) is 1. The first kappa shape index (κ1) is 9.13. The van der Waals surface area contributed by atoms with E-state index in [2.05, 4.69) is 16.9 Å². The lowest BCUT2D eigenvalue weighted by Gasteiger charge is -2.07. The van der Waals surface area contributed by atoms with Gasteiger partial charge in [0.25, 0.3) is 0 Å². The van der Waals surface area contributed by atoms with Crippen molar-refractivity contribution in [2.45, 2.75) is 13.0 Å². The van der Waals surface area contributed by atoms with Gasteiger partial charge in [0.1, 0.15) is 0 Å². The van der Waals surface area contributed by atoms with Gasteiger partial charge in [0.05, 0.1) is 12.6 Å². The summed E-state index contributed by atoms with van der Waals surface area (Å²) in [6, 6.07) is -0.246. The third-order valence-electron chi connectivity index (χ3n) is 0.801. The van der Waals surface area contributed by atoms with Gasteiger partial charge in [0.15, 0.2) is 0 Å². The van der Waals surface area contributed by atoms with Crippen LogP contribution in [-0.4, -0.2) is 23.7 Å². The van der Waals surface area contributed by atoms with Crippen LogP contribution in [0.15, 0.2) is 12.7 Å². The number of hydrogen-bond acceptors (Lipinski definition) is 4. The van der Waals surface area contributed by atoms with E-state index in [0.717, 1.165) is 6.08 Å².